The standard InChI is InChI=1S/C47H53FN10O4/c1-47(2,3)45-54-44(62-55-45)43(60)49-26-34-9-8-33(24-38(34)48)41-37-25-39(52-42(37)51-28-50-41)32-6-4-30(5-7-32)31-16-19-56(20-17-31)27-29-14-21-57(22-15-29)35-10-12-36(13-11-35)58-23-18-40(59)53-46(58)61/h4-13,24-25,28-29,31,40,59H,14-23,26-27H2,1-3H3,(H,49,60)(H,53,61)(H,50,51,52). The summed E-state index contributed by atoms with van der Waals surface area (Å²) in [6.45, 7) is 11.6. The summed E-state index contributed by atoms with van der Waals surface area (Å²) in [5.74, 6) is 0.439. The number of hydrogen-bond acceptors (Lipinski definition) is 10. The third-order valence-electron chi connectivity index (χ3n) is 12.6. The van der Waals surface area contributed by atoms with Crippen LogP contribution in [-0.2, 0) is 12.0 Å². The number of nitrogens with zero attached hydrogens (tertiary/aromatic N) is 7. The van der Waals surface area contributed by atoms with Crippen molar-refractivity contribution in [3.8, 4) is 22.5 Å². The van der Waals surface area contributed by atoms with Gasteiger partial charge in [-0.1, -0.05) is 62.3 Å². The van der Waals surface area contributed by atoms with Crippen molar-refractivity contribution >= 4 is 34.3 Å². The second kappa shape index (κ2) is 17.3. The third kappa shape index (κ3) is 8.91. The van der Waals surface area contributed by atoms with E-state index in [1.54, 1.807) is 17.0 Å². The number of nitrogens with one attached hydrogen (secondary N) is 3. The summed E-state index contributed by atoms with van der Waals surface area (Å²) in [5, 5.41) is 19.6. The molecule has 3 aliphatic heterocycles. The summed E-state index contributed by atoms with van der Waals surface area (Å²) in [7, 11) is 0. The number of carbonyl (C=O) groups excluding carboxylic acids is 2. The van der Waals surface area contributed by atoms with Gasteiger partial charge in [-0.25, -0.2) is 19.2 Å². The summed E-state index contributed by atoms with van der Waals surface area (Å²) in [6, 6.07) is 23.7. The highest BCUT2D eigenvalue weighted by molar-refractivity contribution is 5.94. The lowest BCUT2D eigenvalue weighted by Gasteiger charge is -2.38. The zero-order valence-electron chi connectivity index (χ0n) is 35.4. The molecule has 3 aromatic heterocycles. The number of anilines is 2. The van der Waals surface area contributed by atoms with E-state index in [0.29, 0.717) is 53.1 Å². The van der Waals surface area contributed by atoms with Crippen LogP contribution in [-0.4, -0.2) is 92.5 Å². The topological polar surface area (TPSA) is 169 Å². The van der Waals surface area contributed by atoms with Gasteiger partial charge in [-0.3, -0.25) is 9.69 Å². The Kier molecular flexibility index (Phi) is 11.5. The molecule has 3 saturated heterocycles. The van der Waals surface area contributed by atoms with Crippen molar-refractivity contribution < 1.29 is 23.6 Å². The van der Waals surface area contributed by atoms with Gasteiger partial charge in [-0.05, 0) is 98.1 Å². The first-order valence-corrected chi connectivity index (χ1v) is 21.6. The molecule has 15 heteroatoms. The molecule has 3 aliphatic rings. The molecule has 0 radical (unpaired) electrons. The number of amides is 3. The van der Waals surface area contributed by atoms with Gasteiger partial charge in [0.25, 0.3) is 0 Å². The van der Waals surface area contributed by atoms with E-state index in [0.717, 1.165) is 67.9 Å². The molecule has 3 amide bonds. The monoisotopic (exact) mass is 840 g/mol. The number of benzene rings is 3. The van der Waals surface area contributed by atoms with Gasteiger partial charge in [-0.15, -0.1) is 0 Å². The summed E-state index contributed by atoms with van der Waals surface area (Å²) >= 11 is 0. The second-order valence-corrected chi connectivity index (χ2v) is 17.9. The quantitative estimate of drug-likeness (QED) is 0.109. The summed E-state index contributed by atoms with van der Waals surface area (Å²) in [4.78, 5) is 48.3. The molecule has 1 atom stereocenters. The van der Waals surface area contributed by atoms with E-state index in [1.165, 1.54) is 36.5 Å². The van der Waals surface area contributed by atoms with Gasteiger partial charge in [0.15, 0.2) is 5.82 Å². The van der Waals surface area contributed by atoms with Crippen molar-refractivity contribution in [1.29, 1.82) is 0 Å². The van der Waals surface area contributed by atoms with Crippen LogP contribution in [0.25, 0.3) is 33.5 Å². The number of halogens is 1. The molecule has 62 heavy (non-hydrogen) atoms. The number of H-pyrrole nitrogens is 1. The number of aromatic nitrogens is 5. The van der Waals surface area contributed by atoms with Crippen molar-refractivity contribution in [3.05, 3.63) is 108 Å². The first kappa shape index (κ1) is 41.2. The third-order valence-corrected chi connectivity index (χ3v) is 12.6. The van der Waals surface area contributed by atoms with Gasteiger partial charge in [0.1, 0.15) is 24.0 Å². The average molecular weight is 841 g/mol. The fraction of sp³-hybridized carbons (Fsp3) is 0.404. The number of rotatable bonds is 10. The van der Waals surface area contributed by atoms with E-state index >= 15 is 4.39 Å². The van der Waals surface area contributed by atoms with E-state index in [2.05, 4.69) is 81.9 Å². The minimum atomic E-state index is -0.769. The lowest BCUT2D eigenvalue weighted by Crippen LogP contribution is -2.51. The number of likely N-dealkylation sites (tertiary alicyclic amines) is 1. The molecule has 3 fully saturated rings. The summed E-state index contributed by atoms with van der Waals surface area (Å²) in [6.07, 6.45) is 5.85. The average Bonchev–Trinajstić information content (AvgIpc) is 3.96. The zero-order valence-corrected chi connectivity index (χ0v) is 35.4. The van der Waals surface area contributed by atoms with Crippen LogP contribution in [0.15, 0.2) is 83.6 Å². The minimum Gasteiger partial charge on any atom is -0.374 e. The zero-order chi connectivity index (χ0) is 43.0. The van der Waals surface area contributed by atoms with E-state index in [4.69, 9.17) is 4.52 Å². The first-order chi connectivity index (χ1) is 29.9. The molecular formula is C47H53FN10O4. The van der Waals surface area contributed by atoms with Crippen molar-refractivity contribution in [2.75, 3.05) is 49.1 Å². The van der Waals surface area contributed by atoms with Crippen molar-refractivity contribution in [2.24, 2.45) is 5.92 Å². The number of piperidine rings is 2. The minimum absolute atomic E-state index is 0.0446. The van der Waals surface area contributed by atoms with Gasteiger partial charge in [-0.2, -0.15) is 4.98 Å². The highest BCUT2D eigenvalue weighted by Crippen LogP contribution is 2.34. The molecular weight excluding hydrogens is 788 g/mol. The molecule has 0 aliphatic carbocycles. The number of carbonyl (C=O) groups is 2. The van der Waals surface area contributed by atoms with E-state index < -0.39 is 18.0 Å². The Labute approximate surface area is 359 Å². The van der Waals surface area contributed by atoms with Gasteiger partial charge in [0.05, 0.1) is 5.69 Å². The molecule has 0 saturated carbocycles. The number of hydrogen-bond donors (Lipinski definition) is 4. The molecule has 6 heterocycles. The van der Waals surface area contributed by atoms with Crippen LogP contribution < -0.4 is 20.4 Å². The Morgan fingerprint density at radius 1 is 0.887 bits per heavy atom. The maximum absolute atomic E-state index is 15.4. The van der Waals surface area contributed by atoms with Crippen molar-refractivity contribution in [2.45, 2.75) is 77.0 Å². The Hall–Kier alpha value is -6.19. The molecule has 4 N–H and O–H groups in total. The van der Waals surface area contributed by atoms with Crippen LogP contribution in [0.2, 0.25) is 0 Å². The summed E-state index contributed by atoms with van der Waals surface area (Å²) in [5.41, 5.74) is 7.19. The predicted molar refractivity (Wildman–Crippen MR) is 235 cm³/mol. The lowest BCUT2D eigenvalue weighted by molar-refractivity contribution is 0.0906. The normalized spacial score (nSPS) is 18.3. The maximum Gasteiger partial charge on any atom is 0.323 e. The highest BCUT2D eigenvalue weighted by atomic mass is 19.1. The second-order valence-electron chi connectivity index (χ2n) is 17.9. The number of aliphatic hydroxyl groups excluding tert-OH is 1. The molecule has 0 spiro atoms. The summed E-state index contributed by atoms with van der Waals surface area (Å²) < 4.78 is 20.5. The SMILES string of the molecule is CC(C)(C)c1noc(C(=O)NCc2ccc(-c3ncnc4[nH]c(-c5ccc(C6CCN(CC7CCN(c8ccc(N9CCC(O)NC9=O)cc8)CC7)CC6)cc5)cc34)cc2F)n1. The Morgan fingerprint density at radius 2 is 1.61 bits per heavy atom. The molecule has 6 aromatic rings. The van der Waals surface area contributed by atoms with E-state index in [-0.39, 0.29) is 23.9 Å². The smallest absolute Gasteiger partial charge is 0.323 e. The fourth-order valence-electron chi connectivity index (χ4n) is 8.89. The largest absolute Gasteiger partial charge is 0.374 e. The van der Waals surface area contributed by atoms with Crippen LogP contribution in [0, 0.1) is 11.7 Å². The van der Waals surface area contributed by atoms with Crippen LogP contribution in [0.1, 0.15) is 86.4 Å². The number of fused-ring (bicyclic) bond motifs is 1. The van der Waals surface area contributed by atoms with Crippen LogP contribution in [0.5, 0.6) is 0 Å². The highest BCUT2D eigenvalue weighted by Gasteiger charge is 2.28. The predicted octanol–water partition coefficient (Wildman–Crippen LogP) is 7.38. The van der Waals surface area contributed by atoms with Gasteiger partial charge in [0.2, 0.25) is 0 Å². The number of aliphatic hydroxyl groups is 1. The number of urea groups is 1. The molecule has 322 valence electrons. The molecule has 1 unspecified atom stereocenters. The van der Waals surface area contributed by atoms with Gasteiger partial charge in [0, 0.05) is 78.1 Å². The molecule has 3 aromatic carbocycles. The van der Waals surface area contributed by atoms with Gasteiger partial charge >= 0.3 is 17.8 Å². The van der Waals surface area contributed by atoms with E-state index in [1.807, 2.05) is 39.0 Å². The van der Waals surface area contributed by atoms with E-state index in [9.17, 15) is 14.7 Å². The van der Waals surface area contributed by atoms with Crippen molar-refractivity contribution in [3.63, 3.8) is 0 Å². The Bertz CT molecular complexity index is 2530. The fourth-order valence-corrected chi connectivity index (χ4v) is 8.89. The number of aromatic amines is 1. The maximum atomic E-state index is 15.4. The van der Waals surface area contributed by atoms with Gasteiger partial charge < -0.3 is 35.0 Å². The van der Waals surface area contributed by atoms with Crippen molar-refractivity contribution in [1.82, 2.24) is 40.6 Å². The Balaban J connectivity index is 0.759. The first-order valence-electron chi connectivity index (χ1n) is 21.6. The Morgan fingerprint density at radius 3 is 2.31 bits per heavy atom. The van der Waals surface area contributed by atoms with Crippen LogP contribution in [0.3, 0.4) is 0 Å². The molecule has 14 nitrogen and oxygen atoms in total. The molecule has 9 rings (SSSR count). The molecule has 0 bridgehead atoms. The van der Waals surface area contributed by atoms with Crippen LogP contribution >= 0.6 is 0 Å². The van der Waals surface area contributed by atoms with Crippen LogP contribution in [0.4, 0.5) is 20.6 Å². The lowest BCUT2D eigenvalue weighted by atomic mass is 9.87.